The summed E-state index contributed by atoms with van der Waals surface area (Å²) in [6, 6.07) is 0. The number of methoxy groups -OCH3 is 1. The van der Waals surface area contributed by atoms with Crippen LogP contribution in [0.5, 0.6) is 0 Å². The highest BCUT2D eigenvalue weighted by Crippen LogP contribution is 2.77. The number of aliphatic hydroxyl groups excluding tert-OH is 4. The van der Waals surface area contributed by atoms with E-state index in [2.05, 4.69) is 72.8 Å². The molecule has 0 unspecified atom stereocenters. The third-order valence-corrected chi connectivity index (χ3v) is 14.8. The molecule has 6 aliphatic rings. The van der Waals surface area contributed by atoms with Crippen LogP contribution in [0.15, 0.2) is 24.3 Å². The standard InChI is InChI=1S/C37H60O8/c1-22(10-9-15-32(2,3)42-8)23-13-16-35(7)25-14-17-37-26(36(25,21-43-37)19-18-34(23,35)6)11-12-27(33(37,4)5)45-31-30(41)29(40)28(39)24(20-38)44-31/h9,14-15,17,22-31,38-41H,10-13,16,18-21H2,1-8H3/b15-9+/t22-,23-,24-,25+,26+,27+,28-,29+,30-,31+,34-,35+,36+,37-/m1/s1. The highest BCUT2D eigenvalue weighted by Gasteiger charge is 2.75. The van der Waals surface area contributed by atoms with E-state index in [0.717, 1.165) is 25.9 Å². The quantitative estimate of drug-likeness (QED) is 0.283. The smallest absolute Gasteiger partial charge is 0.186 e. The second-order valence-corrected chi connectivity index (χ2v) is 17.2. The zero-order valence-electron chi connectivity index (χ0n) is 28.9. The molecule has 0 radical (unpaired) electrons. The van der Waals surface area contributed by atoms with Crippen LogP contribution in [0.1, 0.15) is 93.4 Å². The molecule has 3 saturated carbocycles. The van der Waals surface area contributed by atoms with Crippen molar-refractivity contribution in [2.45, 2.75) is 141 Å². The Kier molecular flexibility index (Phi) is 8.60. The van der Waals surface area contributed by atoms with Crippen molar-refractivity contribution in [2.75, 3.05) is 20.3 Å². The minimum atomic E-state index is -1.46. The fraction of sp³-hybridized carbons (Fsp3) is 0.892. The number of rotatable bonds is 8. The summed E-state index contributed by atoms with van der Waals surface area (Å²) in [7, 11) is 1.77. The van der Waals surface area contributed by atoms with Crippen molar-refractivity contribution in [3.8, 4) is 0 Å². The zero-order chi connectivity index (χ0) is 32.8. The molecule has 256 valence electrons. The third-order valence-electron chi connectivity index (χ3n) is 14.8. The van der Waals surface area contributed by atoms with Gasteiger partial charge < -0.3 is 39.4 Å². The van der Waals surface area contributed by atoms with Crippen LogP contribution in [0.25, 0.3) is 0 Å². The second-order valence-electron chi connectivity index (χ2n) is 17.2. The van der Waals surface area contributed by atoms with Crippen molar-refractivity contribution in [1.29, 1.82) is 0 Å². The van der Waals surface area contributed by atoms with Gasteiger partial charge in [-0.1, -0.05) is 58.9 Å². The summed E-state index contributed by atoms with van der Waals surface area (Å²) in [5, 5.41) is 41.1. The van der Waals surface area contributed by atoms with Gasteiger partial charge in [0.25, 0.3) is 0 Å². The van der Waals surface area contributed by atoms with Gasteiger partial charge in [0.1, 0.15) is 24.4 Å². The van der Waals surface area contributed by atoms with Crippen LogP contribution in [0.2, 0.25) is 0 Å². The third kappa shape index (κ3) is 4.74. The first kappa shape index (κ1) is 34.0. The molecule has 6 rings (SSSR count). The van der Waals surface area contributed by atoms with Crippen molar-refractivity contribution >= 4 is 0 Å². The fourth-order valence-corrected chi connectivity index (χ4v) is 11.6. The lowest BCUT2D eigenvalue weighted by molar-refractivity contribution is -0.329. The number of ether oxygens (including phenoxy) is 4. The van der Waals surface area contributed by atoms with Crippen molar-refractivity contribution in [3.63, 3.8) is 0 Å². The van der Waals surface area contributed by atoms with Gasteiger partial charge in [0.15, 0.2) is 6.29 Å². The molecule has 4 aliphatic carbocycles. The average Bonchev–Trinajstić information content (AvgIpc) is 3.39. The molecule has 5 fully saturated rings. The lowest BCUT2D eigenvalue weighted by Gasteiger charge is -2.65. The number of allylic oxidation sites excluding steroid dienone is 2. The Bertz CT molecular complexity index is 1170. The van der Waals surface area contributed by atoms with E-state index in [1.165, 1.54) is 25.7 Å². The summed E-state index contributed by atoms with van der Waals surface area (Å²) >= 11 is 0. The van der Waals surface area contributed by atoms with Gasteiger partial charge >= 0.3 is 0 Å². The highest BCUT2D eigenvalue weighted by atomic mass is 16.7. The Hall–Kier alpha value is -0.840. The van der Waals surface area contributed by atoms with Crippen molar-refractivity contribution in [2.24, 2.45) is 45.3 Å². The summed E-state index contributed by atoms with van der Waals surface area (Å²) in [5.74, 6) is 2.12. The molecule has 2 bridgehead atoms. The molecule has 0 aromatic rings. The van der Waals surface area contributed by atoms with Crippen LogP contribution in [0, 0.1) is 45.3 Å². The first-order chi connectivity index (χ1) is 21.0. The monoisotopic (exact) mass is 632 g/mol. The normalized spacial score (nSPS) is 51.2. The first-order valence-corrected chi connectivity index (χ1v) is 17.6. The Morgan fingerprint density at radius 3 is 2.40 bits per heavy atom. The number of fused-ring (bicyclic) bond motifs is 2. The van der Waals surface area contributed by atoms with Crippen LogP contribution in [0.3, 0.4) is 0 Å². The molecule has 45 heavy (non-hydrogen) atoms. The Labute approximate surface area is 270 Å². The summed E-state index contributed by atoms with van der Waals surface area (Å²) in [6.07, 6.45) is 10.5. The molecule has 0 amide bonds. The zero-order valence-corrected chi connectivity index (χ0v) is 28.9. The summed E-state index contributed by atoms with van der Waals surface area (Å²) in [5.41, 5.74) is -0.609. The molecule has 0 aromatic heterocycles. The molecule has 1 spiro atoms. The van der Waals surface area contributed by atoms with Gasteiger partial charge in [-0.25, -0.2) is 0 Å². The van der Waals surface area contributed by atoms with Gasteiger partial charge in [-0.15, -0.1) is 0 Å². The molecular weight excluding hydrogens is 572 g/mol. The maximum absolute atomic E-state index is 10.7. The van der Waals surface area contributed by atoms with Gasteiger partial charge in [-0.05, 0) is 87.4 Å². The Morgan fingerprint density at radius 1 is 0.978 bits per heavy atom. The van der Waals surface area contributed by atoms with Crippen LogP contribution in [-0.4, -0.2) is 88.8 Å². The number of aliphatic hydroxyl groups is 4. The molecule has 2 aliphatic heterocycles. The van der Waals surface area contributed by atoms with Crippen molar-refractivity contribution < 1.29 is 39.4 Å². The molecule has 2 saturated heterocycles. The predicted molar refractivity (Wildman–Crippen MR) is 171 cm³/mol. The molecule has 4 N–H and O–H groups in total. The van der Waals surface area contributed by atoms with Crippen molar-refractivity contribution in [3.05, 3.63) is 24.3 Å². The molecule has 0 aromatic carbocycles. The van der Waals surface area contributed by atoms with Crippen LogP contribution >= 0.6 is 0 Å². The lowest BCUT2D eigenvalue weighted by Crippen LogP contribution is -2.66. The average molecular weight is 633 g/mol. The van der Waals surface area contributed by atoms with E-state index in [4.69, 9.17) is 18.9 Å². The van der Waals surface area contributed by atoms with Gasteiger partial charge in [0.05, 0.1) is 30.5 Å². The van der Waals surface area contributed by atoms with E-state index in [9.17, 15) is 20.4 Å². The van der Waals surface area contributed by atoms with Crippen molar-refractivity contribution in [1.82, 2.24) is 0 Å². The van der Waals surface area contributed by atoms with E-state index in [1.54, 1.807) is 7.11 Å². The van der Waals surface area contributed by atoms with E-state index in [0.29, 0.717) is 23.7 Å². The molecule has 8 heteroatoms. The van der Waals surface area contributed by atoms with E-state index >= 15 is 0 Å². The lowest BCUT2D eigenvalue weighted by atomic mass is 9.38. The first-order valence-electron chi connectivity index (χ1n) is 17.6. The van der Waals surface area contributed by atoms with Crippen LogP contribution in [-0.2, 0) is 18.9 Å². The molecule has 14 atom stereocenters. The summed E-state index contributed by atoms with van der Waals surface area (Å²) < 4.78 is 24.9. The largest absolute Gasteiger partial charge is 0.394 e. The second kappa shape index (κ2) is 11.4. The summed E-state index contributed by atoms with van der Waals surface area (Å²) in [4.78, 5) is 0. The number of hydrogen-bond donors (Lipinski definition) is 4. The summed E-state index contributed by atoms with van der Waals surface area (Å²) in [6.45, 7) is 16.6. The molecular formula is C37H60O8. The Balaban J connectivity index is 1.24. The highest BCUT2D eigenvalue weighted by molar-refractivity contribution is 5.33. The predicted octanol–water partition coefficient (Wildman–Crippen LogP) is 4.77. The van der Waals surface area contributed by atoms with E-state index in [1.807, 2.05) is 0 Å². The van der Waals surface area contributed by atoms with E-state index in [-0.39, 0.29) is 27.9 Å². The SMILES string of the molecule is COC(C)(C)/C=C/C[C@@H](C)[C@H]1CC[C@@]2(C)[C@@H]3C=C[C@@]45OC[C@]3(CC[C@]12C)[C@@H]4CC[C@H](O[C@@H]1O[C@H](CO)[C@@H](O)[C@H](O)[C@H]1O)C5(C)C. The minimum absolute atomic E-state index is 0.0922. The molecule has 2 heterocycles. The van der Waals surface area contributed by atoms with Crippen LogP contribution in [0.4, 0.5) is 0 Å². The molecule has 8 nitrogen and oxygen atoms in total. The number of hydrogen-bond acceptors (Lipinski definition) is 8. The van der Waals surface area contributed by atoms with E-state index < -0.39 is 48.3 Å². The maximum Gasteiger partial charge on any atom is 0.186 e. The van der Waals surface area contributed by atoms with Gasteiger partial charge in [0, 0.05) is 23.9 Å². The van der Waals surface area contributed by atoms with Gasteiger partial charge in [0.2, 0.25) is 0 Å². The fourth-order valence-electron chi connectivity index (χ4n) is 11.6. The minimum Gasteiger partial charge on any atom is -0.394 e. The van der Waals surface area contributed by atoms with Gasteiger partial charge in [-0.2, -0.15) is 0 Å². The maximum atomic E-state index is 10.7. The topological polar surface area (TPSA) is 118 Å². The van der Waals surface area contributed by atoms with Gasteiger partial charge in [-0.3, -0.25) is 0 Å². The Morgan fingerprint density at radius 2 is 1.71 bits per heavy atom. The van der Waals surface area contributed by atoms with Crippen LogP contribution < -0.4 is 0 Å².